The Balaban J connectivity index is 0.00000348. The summed E-state index contributed by atoms with van der Waals surface area (Å²) < 4.78 is 0. The van der Waals surface area contributed by atoms with Crippen LogP contribution in [0, 0.1) is 13.8 Å². The molecule has 12 nitrogen and oxygen atoms in total. The number of aromatic nitrogens is 4. The predicted molar refractivity (Wildman–Crippen MR) is 228 cm³/mol. The molecule has 2 aromatic carbocycles. The fraction of sp³-hybridized carbons (Fsp3) is 0.286. The molecular formula is C42H48N6O6S2. The van der Waals surface area contributed by atoms with E-state index in [1.807, 2.05) is 36.5 Å². The van der Waals surface area contributed by atoms with E-state index in [4.69, 9.17) is 25.2 Å². The molecule has 0 unspecified atom stereocenters. The number of aliphatic hydroxyl groups excluding tert-OH is 2. The number of benzene rings is 2. The first-order valence-electron chi connectivity index (χ1n) is 18.0. The van der Waals surface area contributed by atoms with E-state index >= 15 is 0 Å². The van der Waals surface area contributed by atoms with Crippen LogP contribution in [0.4, 0.5) is 11.5 Å². The Labute approximate surface area is 339 Å². The van der Waals surface area contributed by atoms with Gasteiger partial charge in [0.1, 0.15) is 5.52 Å². The number of hydrogen-bond donors (Lipinski definition) is 6. The van der Waals surface area contributed by atoms with Crippen molar-refractivity contribution in [1.82, 2.24) is 25.3 Å². The Kier molecular flexibility index (Phi) is 15.7. The Bertz CT molecular complexity index is 2150. The van der Waals surface area contributed by atoms with Crippen molar-refractivity contribution in [2.45, 2.75) is 71.1 Å². The molecule has 6 N–H and O–H groups in total. The monoisotopic (exact) mass is 796 g/mol. The molecule has 4 heterocycles. The molecule has 0 saturated heterocycles. The fourth-order valence-corrected chi connectivity index (χ4v) is 6.76. The summed E-state index contributed by atoms with van der Waals surface area (Å²) in [6.45, 7) is 4.85. The summed E-state index contributed by atoms with van der Waals surface area (Å²) >= 11 is 0. The van der Waals surface area contributed by atoms with Gasteiger partial charge in [0.25, 0.3) is 0 Å². The molecule has 0 fully saturated rings. The first kappa shape index (κ1) is 43.6. The lowest BCUT2D eigenvalue weighted by molar-refractivity contribution is -0.140. The molecule has 0 aliphatic heterocycles. The number of hydrogen-bond acceptors (Lipinski definition) is 10. The predicted octanol–water partition coefficient (Wildman–Crippen LogP) is 6.50. The number of aliphatic carboxylic acids is 2. The first-order chi connectivity index (χ1) is 26.0. The second kappa shape index (κ2) is 20.2. The molecule has 0 radical (unpaired) electrons. The maximum atomic E-state index is 10.8. The molecular weight excluding hydrogens is 749 g/mol. The number of anilines is 2. The van der Waals surface area contributed by atoms with E-state index in [-0.39, 0.29) is 46.4 Å². The zero-order valence-electron chi connectivity index (χ0n) is 31.3. The third-order valence-electron chi connectivity index (χ3n) is 9.60. The molecule has 294 valence electrons. The van der Waals surface area contributed by atoms with Gasteiger partial charge < -0.3 is 31.1 Å². The summed E-state index contributed by atoms with van der Waals surface area (Å²) in [5, 5.41) is 46.0. The highest BCUT2D eigenvalue weighted by atomic mass is 32.1. The number of rotatable bonds is 17. The van der Waals surface area contributed by atoms with Gasteiger partial charge in [-0.05, 0) is 102 Å². The van der Waals surface area contributed by atoms with Crippen molar-refractivity contribution in [3.8, 4) is 11.1 Å². The second-order valence-corrected chi connectivity index (χ2v) is 13.6. The largest absolute Gasteiger partial charge is 0.481 e. The number of nitrogens with zero attached hydrogens (tertiary/aromatic N) is 4. The number of fused-ring (bicyclic) bond motifs is 2. The standard InChI is InChI=1S/C42H44N6O6.2H2S/c1-25-29(18-37-40-30(12-14-44-37)17-28(23-46-40)21-43-24-33(50)20-39(53)54)7-4-9-34(25)35-10-5-11-36(26(35)2)48-42-41-31(13-15-45-42)16-27(22-47-41)6-3-8-32(49)19-38(51)52;;/h4-5,7,9-17,22-23,32-33,43,49-50H,3,6,8,18-21,24H2,1-2H3,(H,45,48)(H,51,52)(H,53,54);2*1H2/t32-,33+;;/m1../s1. The van der Waals surface area contributed by atoms with Crippen LogP contribution in [0.3, 0.4) is 0 Å². The van der Waals surface area contributed by atoms with Crippen LogP contribution in [0.25, 0.3) is 32.9 Å². The van der Waals surface area contributed by atoms with Gasteiger partial charge in [-0.25, -0.2) is 4.98 Å². The van der Waals surface area contributed by atoms with E-state index in [0.717, 1.165) is 72.1 Å². The Morgan fingerprint density at radius 1 is 0.732 bits per heavy atom. The minimum atomic E-state index is -1.04. The van der Waals surface area contributed by atoms with E-state index in [2.05, 4.69) is 59.8 Å². The molecule has 0 aliphatic rings. The third kappa shape index (κ3) is 11.0. The number of carbonyl (C=O) groups is 2. The Morgan fingerprint density at radius 3 is 2.11 bits per heavy atom. The molecule has 6 rings (SSSR count). The second-order valence-electron chi connectivity index (χ2n) is 13.6. The quantitative estimate of drug-likeness (QED) is 0.0589. The van der Waals surface area contributed by atoms with Gasteiger partial charge in [0.05, 0.1) is 36.3 Å². The summed E-state index contributed by atoms with van der Waals surface area (Å²) in [6, 6.07) is 20.4. The van der Waals surface area contributed by atoms with Crippen LogP contribution in [0.1, 0.15) is 59.2 Å². The number of aliphatic hydroxyl groups is 2. The Hall–Kier alpha value is -5.12. The third-order valence-corrected chi connectivity index (χ3v) is 9.60. The van der Waals surface area contributed by atoms with Crippen molar-refractivity contribution in [3.05, 3.63) is 119 Å². The van der Waals surface area contributed by atoms with E-state index in [1.165, 1.54) is 0 Å². The summed E-state index contributed by atoms with van der Waals surface area (Å²) in [4.78, 5) is 40.5. The minimum Gasteiger partial charge on any atom is -0.481 e. The van der Waals surface area contributed by atoms with Gasteiger partial charge in [-0.3, -0.25) is 24.5 Å². The molecule has 0 aliphatic carbocycles. The van der Waals surface area contributed by atoms with Gasteiger partial charge in [-0.2, -0.15) is 27.0 Å². The molecule has 14 heteroatoms. The number of nitrogens with one attached hydrogen (secondary N) is 2. The maximum absolute atomic E-state index is 10.8. The van der Waals surface area contributed by atoms with E-state index in [0.29, 0.717) is 38.0 Å². The van der Waals surface area contributed by atoms with Crippen LogP contribution < -0.4 is 10.6 Å². The van der Waals surface area contributed by atoms with Crippen LogP contribution in [-0.4, -0.2) is 71.1 Å². The van der Waals surface area contributed by atoms with Crippen LogP contribution in [0.5, 0.6) is 0 Å². The zero-order chi connectivity index (χ0) is 38.2. The summed E-state index contributed by atoms with van der Waals surface area (Å²) in [6.07, 6.45) is 7.12. The first-order valence-corrected chi connectivity index (χ1v) is 18.0. The van der Waals surface area contributed by atoms with Crippen molar-refractivity contribution >= 4 is 72.2 Å². The van der Waals surface area contributed by atoms with Gasteiger partial charge in [0, 0.05) is 60.8 Å². The number of carboxylic acid groups (broad SMARTS) is 2. The highest BCUT2D eigenvalue weighted by molar-refractivity contribution is 7.59. The van der Waals surface area contributed by atoms with Crippen molar-refractivity contribution in [1.29, 1.82) is 0 Å². The number of aryl methyl sites for hydroxylation is 1. The van der Waals surface area contributed by atoms with E-state index in [1.54, 1.807) is 18.6 Å². The molecule has 0 amide bonds. The minimum absolute atomic E-state index is 0. The summed E-state index contributed by atoms with van der Waals surface area (Å²) in [5.74, 6) is -1.39. The average molecular weight is 797 g/mol. The summed E-state index contributed by atoms with van der Waals surface area (Å²) in [7, 11) is 0. The van der Waals surface area contributed by atoms with Gasteiger partial charge in [-0.1, -0.05) is 30.3 Å². The molecule has 56 heavy (non-hydrogen) atoms. The molecule has 0 saturated carbocycles. The van der Waals surface area contributed by atoms with E-state index in [9.17, 15) is 19.8 Å². The lowest BCUT2D eigenvalue weighted by atomic mass is 9.91. The lowest BCUT2D eigenvalue weighted by Crippen LogP contribution is -2.28. The highest BCUT2D eigenvalue weighted by Crippen LogP contribution is 2.35. The highest BCUT2D eigenvalue weighted by Gasteiger charge is 2.16. The SMILES string of the molecule is Cc1c(Cc2nccc3cc(CNC[C@@H](O)CC(=O)O)cnc23)cccc1-c1cccc(Nc2nccc3cc(CCC[C@@H](O)CC(=O)O)cnc23)c1C.S.S. The fourth-order valence-electron chi connectivity index (χ4n) is 6.76. The topological polar surface area (TPSA) is 191 Å². The van der Waals surface area contributed by atoms with Crippen molar-refractivity contribution in [3.63, 3.8) is 0 Å². The molecule has 0 bridgehead atoms. The van der Waals surface area contributed by atoms with E-state index < -0.39 is 24.1 Å². The van der Waals surface area contributed by atoms with Crippen molar-refractivity contribution < 1.29 is 30.0 Å². The van der Waals surface area contributed by atoms with Gasteiger partial charge in [0.2, 0.25) is 0 Å². The molecule has 4 aromatic heterocycles. The summed E-state index contributed by atoms with van der Waals surface area (Å²) in [5.41, 5.74) is 10.8. The lowest BCUT2D eigenvalue weighted by Gasteiger charge is -2.17. The van der Waals surface area contributed by atoms with Gasteiger partial charge in [0.15, 0.2) is 5.82 Å². The number of pyridine rings is 4. The smallest absolute Gasteiger partial charge is 0.306 e. The van der Waals surface area contributed by atoms with Gasteiger partial charge >= 0.3 is 11.9 Å². The van der Waals surface area contributed by atoms with Crippen LogP contribution in [0.15, 0.2) is 85.5 Å². The molecule has 0 spiro atoms. The van der Waals surface area contributed by atoms with Crippen LogP contribution in [0.2, 0.25) is 0 Å². The molecule has 6 aromatic rings. The number of carboxylic acids is 2. The van der Waals surface area contributed by atoms with Crippen molar-refractivity contribution in [2.75, 3.05) is 11.9 Å². The molecule has 2 atom stereocenters. The van der Waals surface area contributed by atoms with Crippen LogP contribution >= 0.6 is 27.0 Å². The van der Waals surface area contributed by atoms with Gasteiger partial charge in [-0.15, -0.1) is 0 Å². The van der Waals surface area contributed by atoms with Crippen LogP contribution in [-0.2, 0) is 29.0 Å². The normalized spacial score (nSPS) is 12.1. The zero-order valence-corrected chi connectivity index (χ0v) is 33.3. The van der Waals surface area contributed by atoms with Crippen molar-refractivity contribution in [2.24, 2.45) is 0 Å². The average Bonchev–Trinajstić information content (AvgIpc) is 3.13. The maximum Gasteiger partial charge on any atom is 0.306 e. The Morgan fingerprint density at radius 2 is 1.36 bits per heavy atom.